The Morgan fingerprint density at radius 1 is 0.451 bits per heavy atom. The fourth-order valence-electron chi connectivity index (χ4n) is 7.09. The topological polar surface area (TPSA) is 9.23 Å². The van der Waals surface area contributed by atoms with Crippen molar-refractivity contribution in [1.82, 2.24) is 0 Å². The molecule has 0 N–H and O–H groups in total. The van der Waals surface area contributed by atoms with Crippen LogP contribution in [-0.2, 0) is 9.49 Å². The van der Waals surface area contributed by atoms with Gasteiger partial charge in [-0.25, -0.2) is 0 Å². The first-order valence-corrected chi connectivity index (χ1v) is 21.4. The van der Waals surface area contributed by atoms with Crippen LogP contribution in [0.25, 0.3) is 54.9 Å². The molecule has 9 rings (SSSR count). The molecule has 0 bridgehead atoms. The fraction of sp³-hybridized carbons (Fsp3) is 0.0417. The van der Waals surface area contributed by atoms with E-state index in [-0.39, 0.29) is 41.9 Å². The van der Waals surface area contributed by atoms with Crippen LogP contribution in [0.4, 0.5) is 0 Å². The predicted molar refractivity (Wildman–Crippen MR) is 236 cm³/mol. The van der Waals surface area contributed by atoms with Gasteiger partial charge in [-0.15, -0.1) is 0 Å². The molecular weight excluding hydrogens is 846 g/mol. The first kappa shape index (κ1) is 32.4. The van der Waals surface area contributed by atoms with Gasteiger partial charge in [-0.2, -0.15) is 0 Å². The van der Waals surface area contributed by atoms with Gasteiger partial charge in [0, 0.05) is 5.56 Å². The summed E-state index contributed by atoms with van der Waals surface area (Å²) in [6, 6.07) is 64.7. The normalized spacial score (nSPS) is 13.0. The van der Waals surface area contributed by atoms with Crippen molar-refractivity contribution in [1.29, 1.82) is 0 Å². The summed E-state index contributed by atoms with van der Waals surface area (Å²) in [5.41, 5.74) is 14.1. The fourth-order valence-corrected chi connectivity index (χ4v) is 13.8. The van der Waals surface area contributed by atoms with Gasteiger partial charge in [-0.05, 0) is 123 Å². The lowest BCUT2D eigenvalue weighted by molar-refractivity contribution is 0.744. The summed E-state index contributed by atoms with van der Waals surface area (Å²) in [4.78, 5) is 0. The van der Waals surface area contributed by atoms with Crippen molar-refractivity contribution < 1.29 is 3.07 Å². The molecule has 0 spiro atoms. The lowest BCUT2D eigenvalue weighted by Gasteiger charge is -2.17. The minimum Gasteiger partial charge on any atom is -0.278 e. The first-order chi connectivity index (χ1) is 25.2. The minimum absolute atomic E-state index is 0.260. The van der Waals surface area contributed by atoms with Crippen LogP contribution in [0.3, 0.4) is 0 Å². The van der Waals surface area contributed by atoms with Gasteiger partial charge < -0.3 is 0 Å². The van der Waals surface area contributed by atoms with Gasteiger partial charge in [0.15, 0.2) is 0 Å². The molecule has 0 aromatic heterocycles. The Morgan fingerprint density at radius 3 is 1.71 bits per heavy atom. The summed E-state index contributed by atoms with van der Waals surface area (Å²) in [6.07, 6.45) is 0.850. The van der Waals surface area contributed by atoms with E-state index < -0.39 is 0 Å². The zero-order chi connectivity index (χ0) is 34.1. The van der Waals surface area contributed by atoms with Crippen LogP contribution < -0.4 is 0 Å². The van der Waals surface area contributed by atoms with E-state index in [0.29, 0.717) is 0 Å². The number of aryl methyl sites for hydroxylation is 1. The Kier molecular flexibility index (Phi) is 9.02. The second kappa shape index (κ2) is 14.2. The zero-order valence-corrected chi connectivity index (χ0v) is 32.4. The van der Waals surface area contributed by atoms with Crippen molar-refractivity contribution >= 4 is 68.6 Å². The van der Waals surface area contributed by atoms with Crippen molar-refractivity contribution in [3.05, 3.63) is 204 Å². The van der Waals surface area contributed by atoms with Gasteiger partial charge in [-0.3, -0.25) is 3.07 Å². The molecule has 1 heterocycles. The number of hydrogen-bond acceptors (Lipinski definition) is 1. The molecule has 246 valence electrons. The third-order valence-corrected chi connectivity index (χ3v) is 17.2. The van der Waals surface area contributed by atoms with Gasteiger partial charge in [0.05, 0.1) is 22.7 Å². The van der Waals surface area contributed by atoms with Gasteiger partial charge in [0.25, 0.3) is 0 Å². The highest BCUT2D eigenvalue weighted by Gasteiger charge is 2.17. The maximum Gasteiger partial charge on any atom is 0.128 e. The highest BCUT2D eigenvalue weighted by Crippen LogP contribution is 2.39. The molecule has 8 aromatic carbocycles. The number of fused-ring (bicyclic) bond motifs is 2. The number of benzene rings is 8. The van der Waals surface area contributed by atoms with Crippen molar-refractivity contribution in [3.8, 4) is 33.4 Å². The highest BCUT2D eigenvalue weighted by atomic mass is 127. The number of hydrogen-bond donors (Lipinski definition) is 0. The summed E-state index contributed by atoms with van der Waals surface area (Å²) in [5.74, 6) is 0. The summed E-state index contributed by atoms with van der Waals surface area (Å²) in [7, 11) is 0. The molecule has 51 heavy (non-hydrogen) atoms. The number of halogens is 2. The standard InChI is InChI=1S/C48H34I2O/c1-32-21-24-39(43-19-9-15-34-11-5-7-17-41(34)43)30-45(32)46-31-40(44-20-10-16-35-12-6-8-18-42(35)44)28-27-38(46)29-33-22-25-37(26-23-33)48-49-47(50-51-48)36-13-3-2-4-14-36/h2-28,30-31H,29H2,1H3. The zero-order valence-electron chi connectivity index (χ0n) is 28.1. The first-order valence-electron chi connectivity index (χ1n) is 17.2. The maximum absolute atomic E-state index is 6.35. The van der Waals surface area contributed by atoms with E-state index in [4.69, 9.17) is 3.07 Å². The maximum atomic E-state index is 6.35. The Hall–Kier alpha value is -4.56. The molecule has 1 nitrogen and oxygen atoms in total. The molecule has 0 radical (unpaired) electrons. The lowest BCUT2D eigenvalue weighted by atomic mass is 9.87. The van der Waals surface area contributed by atoms with E-state index >= 15 is 0 Å². The van der Waals surface area contributed by atoms with Crippen LogP contribution in [0, 0.1) is 6.92 Å². The summed E-state index contributed by atoms with van der Waals surface area (Å²) in [6.45, 7) is 2.25. The van der Waals surface area contributed by atoms with E-state index in [9.17, 15) is 0 Å². The monoisotopic (exact) mass is 880 g/mol. The average molecular weight is 881 g/mol. The van der Waals surface area contributed by atoms with Crippen LogP contribution in [0.2, 0.25) is 0 Å². The van der Waals surface area contributed by atoms with Crippen LogP contribution in [0.15, 0.2) is 176 Å². The average Bonchev–Trinajstić information content (AvgIpc) is 3.69. The molecule has 1 aliphatic heterocycles. The molecule has 1 aliphatic rings. The second-order valence-corrected chi connectivity index (χ2v) is 19.6. The van der Waals surface area contributed by atoms with Crippen molar-refractivity contribution in [2.24, 2.45) is 0 Å². The molecular formula is C48H34I2O. The van der Waals surface area contributed by atoms with E-state index in [1.807, 2.05) is 0 Å². The Morgan fingerprint density at radius 2 is 1.02 bits per heavy atom. The SMILES string of the molecule is Cc1ccc(-c2cccc3ccccc23)cc1-c1cc(-c2cccc3ccccc23)ccc1Cc1ccc(C2=IC(c3ccccc3)=IO2)cc1. The van der Waals surface area contributed by atoms with Crippen LogP contribution in [0.1, 0.15) is 27.8 Å². The largest absolute Gasteiger partial charge is 0.278 e. The molecule has 0 aliphatic carbocycles. The third-order valence-electron chi connectivity index (χ3n) is 9.75. The molecule has 0 saturated heterocycles. The van der Waals surface area contributed by atoms with Crippen LogP contribution >= 0.6 is 41.9 Å². The lowest BCUT2D eigenvalue weighted by Crippen LogP contribution is -1.98. The van der Waals surface area contributed by atoms with Crippen molar-refractivity contribution in [3.63, 3.8) is 0 Å². The quantitative estimate of drug-likeness (QED) is 0.145. The smallest absolute Gasteiger partial charge is 0.128 e. The van der Waals surface area contributed by atoms with Gasteiger partial charge >= 0.3 is 0 Å². The molecule has 0 fully saturated rings. The van der Waals surface area contributed by atoms with Crippen LogP contribution in [-0.4, -0.2) is 5.21 Å². The molecule has 0 unspecified atom stereocenters. The van der Waals surface area contributed by atoms with E-state index in [1.54, 1.807) is 1.52 Å². The van der Waals surface area contributed by atoms with E-state index in [1.165, 1.54) is 86.4 Å². The van der Waals surface area contributed by atoms with Crippen molar-refractivity contribution in [2.45, 2.75) is 13.3 Å². The van der Waals surface area contributed by atoms with Gasteiger partial charge in [0.1, 0.15) is 3.69 Å². The summed E-state index contributed by atoms with van der Waals surface area (Å²) < 4.78 is 9.13. The Balaban J connectivity index is 1.12. The molecule has 8 aromatic rings. The molecule has 0 atom stereocenters. The van der Waals surface area contributed by atoms with Crippen LogP contribution in [0.5, 0.6) is 0 Å². The Labute approximate surface area is 319 Å². The highest BCUT2D eigenvalue weighted by molar-refractivity contribution is 14.3. The minimum atomic E-state index is -0.387. The molecule has 3 heteroatoms. The summed E-state index contributed by atoms with van der Waals surface area (Å²) in [5, 5.41) is 5.08. The second-order valence-electron chi connectivity index (χ2n) is 13.0. The third kappa shape index (κ3) is 6.55. The van der Waals surface area contributed by atoms with E-state index in [0.717, 1.165) is 6.42 Å². The van der Waals surface area contributed by atoms with Crippen molar-refractivity contribution in [2.75, 3.05) is 0 Å². The number of rotatable bonds is 7. The molecule has 0 amide bonds. The molecule has 0 saturated carbocycles. The van der Waals surface area contributed by atoms with Gasteiger partial charge in [0.2, 0.25) is 0 Å². The predicted octanol–water partition coefficient (Wildman–Crippen LogP) is 13.4. The summed E-state index contributed by atoms with van der Waals surface area (Å²) >= 11 is -0.647. The Bertz CT molecular complexity index is 2620. The van der Waals surface area contributed by atoms with Gasteiger partial charge in [-0.1, -0.05) is 164 Å². The van der Waals surface area contributed by atoms with E-state index in [2.05, 4.69) is 183 Å².